The summed E-state index contributed by atoms with van der Waals surface area (Å²) in [6.07, 6.45) is 6.16. The first-order chi connectivity index (χ1) is 10.1. The molecule has 2 aromatic rings. The highest BCUT2D eigenvalue weighted by Crippen LogP contribution is 2.23. The van der Waals surface area contributed by atoms with E-state index in [9.17, 15) is 9.59 Å². The molecule has 0 aliphatic heterocycles. The first kappa shape index (κ1) is 14.7. The monoisotopic (exact) mass is 302 g/mol. The SMILES string of the molecule is O=C(/C=C/c1cccnc1)Nc1cc(C(=O)O)ccc1Cl. The van der Waals surface area contributed by atoms with E-state index in [4.69, 9.17) is 16.7 Å². The van der Waals surface area contributed by atoms with E-state index in [1.807, 2.05) is 0 Å². The zero-order valence-corrected chi connectivity index (χ0v) is 11.5. The molecule has 2 rings (SSSR count). The van der Waals surface area contributed by atoms with Gasteiger partial charge in [-0.15, -0.1) is 0 Å². The Morgan fingerprint density at radius 3 is 2.76 bits per heavy atom. The van der Waals surface area contributed by atoms with Crippen LogP contribution in [0, 0.1) is 0 Å². The fourth-order valence-corrected chi connectivity index (χ4v) is 1.74. The van der Waals surface area contributed by atoms with Crippen LogP contribution in [0.2, 0.25) is 5.02 Å². The van der Waals surface area contributed by atoms with E-state index < -0.39 is 11.9 Å². The largest absolute Gasteiger partial charge is 0.478 e. The summed E-state index contributed by atoms with van der Waals surface area (Å²) in [4.78, 5) is 26.6. The van der Waals surface area contributed by atoms with Crippen molar-refractivity contribution in [2.45, 2.75) is 0 Å². The number of nitrogens with one attached hydrogen (secondary N) is 1. The van der Waals surface area contributed by atoms with Gasteiger partial charge in [-0.1, -0.05) is 17.7 Å². The Balaban J connectivity index is 2.11. The van der Waals surface area contributed by atoms with E-state index in [2.05, 4.69) is 10.3 Å². The summed E-state index contributed by atoms with van der Waals surface area (Å²) in [6, 6.07) is 7.65. The van der Waals surface area contributed by atoms with Crippen molar-refractivity contribution in [3.63, 3.8) is 0 Å². The molecule has 0 atom stereocenters. The molecule has 0 unspecified atom stereocenters. The molecule has 2 N–H and O–H groups in total. The minimum absolute atomic E-state index is 0.0472. The Morgan fingerprint density at radius 1 is 1.29 bits per heavy atom. The second-order valence-electron chi connectivity index (χ2n) is 4.11. The molecule has 0 bridgehead atoms. The fourth-order valence-electron chi connectivity index (χ4n) is 1.57. The molecule has 0 aliphatic carbocycles. The number of rotatable bonds is 4. The van der Waals surface area contributed by atoms with Crippen molar-refractivity contribution in [2.24, 2.45) is 0 Å². The van der Waals surface area contributed by atoms with Crippen LogP contribution in [-0.2, 0) is 4.79 Å². The van der Waals surface area contributed by atoms with Gasteiger partial charge in [0, 0.05) is 18.5 Å². The van der Waals surface area contributed by atoms with Crippen LogP contribution in [0.3, 0.4) is 0 Å². The van der Waals surface area contributed by atoms with Gasteiger partial charge in [-0.05, 0) is 35.9 Å². The highest BCUT2D eigenvalue weighted by atomic mass is 35.5. The van der Waals surface area contributed by atoms with Crippen LogP contribution in [-0.4, -0.2) is 22.0 Å². The third kappa shape index (κ3) is 4.15. The van der Waals surface area contributed by atoms with Crippen molar-refractivity contribution in [1.82, 2.24) is 4.98 Å². The summed E-state index contributed by atoms with van der Waals surface area (Å²) in [6.45, 7) is 0. The molecule has 1 aromatic heterocycles. The van der Waals surface area contributed by atoms with Crippen LogP contribution in [0.1, 0.15) is 15.9 Å². The predicted molar refractivity (Wildman–Crippen MR) is 80.3 cm³/mol. The molecule has 0 saturated carbocycles. The molecule has 21 heavy (non-hydrogen) atoms. The number of carbonyl (C=O) groups is 2. The molecule has 0 spiro atoms. The number of anilines is 1. The normalized spacial score (nSPS) is 10.5. The van der Waals surface area contributed by atoms with E-state index in [0.29, 0.717) is 0 Å². The van der Waals surface area contributed by atoms with Crippen LogP contribution < -0.4 is 5.32 Å². The molecule has 0 saturated heterocycles. The van der Waals surface area contributed by atoms with Crippen LogP contribution in [0.25, 0.3) is 6.08 Å². The number of nitrogens with zero attached hydrogens (tertiary/aromatic N) is 1. The average Bonchev–Trinajstić information content (AvgIpc) is 2.48. The fraction of sp³-hybridized carbons (Fsp3) is 0. The number of carboxylic acid groups (broad SMARTS) is 1. The van der Waals surface area contributed by atoms with Crippen LogP contribution in [0.5, 0.6) is 0 Å². The summed E-state index contributed by atoms with van der Waals surface area (Å²) < 4.78 is 0. The first-order valence-corrected chi connectivity index (χ1v) is 6.36. The average molecular weight is 303 g/mol. The lowest BCUT2D eigenvalue weighted by Crippen LogP contribution is -2.09. The van der Waals surface area contributed by atoms with Crippen LogP contribution >= 0.6 is 11.6 Å². The number of halogens is 1. The van der Waals surface area contributed by atoms with Gasteiger partial charge in [0.1, 0.15) is 0 Å². The second-order valence-corrected chi connectivity index (χ2v) is 4.52. The molecule has 5 nitrogen and oxygen atoms in total. The Bertz CT molecular complexity index is 699. The lowest BCUT2D eigenvalue weighted by atomic mass is 10.2. The van der Waals surface area contributed by atoms with E-state index in [1.165, 1.54) is 24.3 Å². The highest BCUT2D eigenvalue weighted by Gasteiger charge is 2.08. The predicted octanol–water partition coefficient (Wildman–Crippen LogP) is 3.09. The zero-order chi connectivity index (χ0) is 15.2. The van der Waals surface area contributed by atoms with Crippen molar-refractivity contribution in [3.05, 3.63) is 65.0 Å². The molecular weight excluding hydrogens is 292 g/mol. The summed E-state index contributed by atoms with van der Waals surface area (Å²) in [5, 5.41) is 11.7. The molecule has 1 aromatic carbocycles. The van der Waals surface area contributed by atoms with Gasteiger partial charge >= 0.3 is 5.97 Å². The quantitative estimate of drug-likeness (QED) is 0.851. The second kappa shape index (κ2) is 6.67. The molecule has 1 heterocycles. The minimum Gasteiger partial charge on any atom is -0.478 e. The number of carboxylic acids is 1. The van der Waals surface area contributed by atoms with Gasteiger partial charge in [-0.25, -0.2) is 4.79 Å². The molecule has 106 valence electrons. The summed E-state index contributed by atoms with van der Waals surface area (Å²) >= 11 is 5.92. The number of amides is 1. The van der Waals surface area contributed by atoms with E-state index in [-0.39, 0.29) is 16.3 Å². The summed E-state index contributed by atoms with van der Waals surface area (Å²) in [5.41, 5.74) is 1.07. The molecule has 0 radical (unpaired) electrons. The number of aromatic carboxylic acids is 1. The van der Waals surface area contributed by atoms with Crippen LogP contribution in [0.4, 0.5) is 5.69 Å². The van der Waals surface area contributed by atoms with Gasteiger partial charge in [0.15, 0.2) is 0 Å². The Labute approximate surface area is 125 Å². The Hall–Kier alpha value is -2.66. The third-order valence-electron chi connectivity index (χ3n) is 2.58. The maximum atomic E-state index is 11.8. The van der Waals surface area contributed by atoms with E-state index >= 15 is 0 Å². The molecular formula is C15H11ClN2O3. The molecule has 6 heteroatoms. The van der Waals surface area contributed by atoms with Gasteiger partial charge < -0.3 is 10.4 Å². The Morgan fingerprint density at radius 2 is 2.10 bits per heavy atom. The van der Waals surface area contributed by atoms with Crippen molar-refractivity contribution in [1.29, 1.82) is 0 Å². The van der Waals surface area contributed by atoms with Gasteiger partial charge in [-0.2, -0.15) is 0 Å². The molecule has 0 fully saturated rings. The summed E-state index contributed by atoms with van der Waals surface area (Å²) in [7, 11) is 0. The third-order valence-corrected chi connectivity index (χ3v) is 2.91. The van der Waals surface area contributed by atoms with Crippen molar-refractivity contribution in [3.8, 4) is 0 Å². The van der Waals surface area contributed by atoms with Gasteiger partial charge in [0.25, 0.3) is 0 Å². The number of carbonyl (C=O) groups excluding carboxylic acids is 1. The number of benzene rings is 1. The maximum absolute atomic E-state index is 11.8. The van der Waals surface area contributed by atoms with Crippen LogP contribution in [0.15, 0.2) is 48.8 Å². The number of pyridine rings is 1. The van der Waals surface area contributed by atoms with E-state index in [0.717, 1.165) is 5.56 Å². The first-order valence-electron chi connectivity index (χ1n) is 5.98. The van der Waals surface area contributed by atoms with Crippen molar-refractivity contribution in [2.75, 3.05) is 5.32 Å². The van der Waals surface area contributed by atoms with Crippen molar-refractivity contribution >= 4 is 35.2 Å². The number of hydrogen-bond donors (Lipinski definition) is 2. The minimum atomic E-state index is -1.09. The smallest absolute Gasteiger partial charge is 0.335 e. The summed E-state index contributed by atoms with van der Waals surface area (Å²) in [5.74, 6) is -1.50. The lowest BCUT2D eigenvalue weighted by molar-refractivity contribution is -0.111. The topological polar surface area (TPSA) is 79.3 Å². The standard InChI is InChI=1S/C15H11ClN2O3/c16-12-5-4-11(15(20)21)8-13(12)18-14(19)6-3-10-2-1-7-17-9-10/h1-9H,(H,18,19)(H,20,21)/b6-3+. The Kier molecular flexibility index (Phi) is 4.68. The molecule has 0 aliphatic rings. The van der Waals surface area contributed by atoms with Crippen molar-refractivity contribution < 1.29 is 14.7 Å². The number of aromatic nitrogens is 1. The highest BCUT2D eigenvalue weighted by molar-refractivity contribution is 6.34. The zero-order valence-electron chi connectivity index (χ0n) is 10.8. The lowest BCUT2D eigenvalue weighted by Gasteiger charge is -2.06. The van der Waals surface area contributed by atoms with E-state index in [1.54, 1.807) is 30.6 Å². The van der Waals surface area contributed by atoms with Gasteiger partial charge in [-0.3, -0.25) is 9.78 Å². The molecule has 1 amide bonds. The maximum Gasteiger partial charge on any atom is 0.335 e. The number of hydrogen-bond acceptors (Lipinski definition) is 3. The van der Waals surface area contributed by atoms with Gasteiger partial charge in [0.2, 0.25) is 5.91 Å². The van der Waals surface area contributed by atoms with Gasteiger partial charge in [0.05, 0.1) is 16.3 Å².